The molecule has 100 valence electrons. The summed E-state index contributed by atoms with van der Waals surface area (Å²) in [6, 6.07) is 3.75. The van der Waals surface area contributed by atoms with Crippen LogP contribution in [0.15, 0.2) is 23.1 Å². The number of nitrogens with two attached hydrogens (primary N) is 1. The van der Waals surface area contributed by atoms with Crippen LogP contribution in [-0.4, -0.2) is 20.5 Å². The first-order chi connectivity index (χ1) is 8.38. The minimum absolute atomic E-state index is 0.0118. The summed E-state index contributed by atoms with van der Waals surface area (Å²) in [7, 11) is -3.71. The number of nitrogens with one attached hydrogen (secondary N) is 1. The molecule has 2 rings (SSSR count). The number of sulfonamides is 1. The molecule has 18 heavy (non-hydrogen) atoms. The number of benzene rings is 1. The fourth-order valence-corrected chi connectivity index (χ4v) is 3.88. The van der Waals surface area contributed by atoms with Crippen molar-refractivity contribution in [1.29, 1.82) is 0 Å². The lowest BCUT2D eigenvalue weighted by atomic mass is 9.78. The molecule has 0 bridgehead atoms. The first kappa shape index (κ1) is 13.5. The fraction of sp³-hybridized carbons (Fsp3) is 0.500. The lowest BCUT2D eigenvalue weighted by molar-refractivity contribution is 0.230. The van der Waals surface area contributed by atoms with Crippen LogP contribution in [0, 0.1) is 12.7 Å². The predicted octanol–water partition coefficient (Wildman–Crippen LogP) is 1.29. The van der Waals surface area contributed by atoms with Crippen LogP contribution in [-0.2, 0) is 10.0 Å². The SMILES string of the molecule is Cc1ccc(F)cc1S(=O)(=O)NC1(CN)CCC1. The molecule has 0 saturated heterocycles. The fourth-order valence-electron chi connectivity index (χ4n) is 2.15. The highest BCUT2D eigenvalue weighted by atomic mass is 32.2. The molecule has 0 amide bonds. The Morgan fingerprint density at radius 3 is 2.61 bits per heavy atom. The van der Waals surface area contributed by atoms with Crippen LogP contribution >= 0.6 is 0 Å². The Bertz CT molecular complexity index is 548. The molecule has 0 atom stereocenters. The van der Waals surface area contributed by atoms with Crippen molar-refractivity contribution in [1.82, 2.24) is 4.72 Å². The summed E-state index contributed by atoms with van der Waals surface area (Å²) in [5.74, 6) is -0.559. The lowest BCUT2D eigenvalue weighted by Gasteiger charge is -2.41. The van der Waals surface area contributed by atoms with E-state index in [0.29, 0.717) is 5.56 Å². The molecule has 0 spiro atoms. The van der Waals surface area contributed by atoms with Crippen molar-refractivity contribution in [3.63, 3.8) is 0 Å². The van der Waals surface area contributed by atoms with E-state index in [2.05, 4.69) is 4.72 Å². The van der Waals surface area contributed by atoms with Crippen LogP contribution in [0.1, 0.15) is 24.8 Å². The quantitative estimate of drug-likeness (QED) is 0.867. The number of hydrogen-bond donors (Lipinski definition) is 2. The van der Waals surface area contributed by atoms with Gasteiger partial charge >= 0.3 is 0 Å². The second-order valence-electron chi connectivity index (χ2n) is 4.85. The Labute approximate surface area is 106 Å². The van der Waals surface area contributed by atoms with Gasteiger partial charge in [-0.25, -0.2) is 17.5 Å². The summed E-state index contributed by atoms with van der Waals surface area (Å²) in [4.78, 5) is -0.0118. The number of halogens is 1. The minimum Gasteiger partial charge on any atom is -0.329 e. The van der Waals surface area contributed by atoms with Crippen LogP contribution in [0.5, 0.6) is 0 Å². The smallest absolute Gasteiger partial charge is 0.241 e. The van der Waals surface area contributed by atoms with Crippen LogP contribution < -0.4 is 10.5 Å². The summed E-state index contributed by atoms with van der Waals surface area (Å²) < 4.78 is 40.3. The summed E-state index contributed by atoms with van der Waals surface area (Å²) in [5, 5.41) is 0. The van der Waals surface area contributed by atoms with Crippen LogP contribution in [0.4, 0.5) is 4.39 Å². The van der Waals surface area contributed by atoms with Crippen LogP contribution in [0.25, 0.3) is 0 Å². The largest absolute Gasteiger partial charge is 0.329 e. The summed E-state index contributed by atoms with van der Waals surface area (Å²) in [5.41, 5.74) is 5.60. The standard InChI is InChI=1S/C12H17FN2O2S/c1-9-3-4-10(13)7-11(9)18(16,17)15-12(8-14)5-2-6-12/h3-4,7,15H,2,5-6,8,14H2,1H3. The van der Waals surface area contributed by atoms with Gasteiger partial charge in [0.2, 0.25) is 10.0 Å². The predicted molar refractivity (Wildman–Crippen MR) is 67.1 cm³/mol. The molecule has 1 aliphatic rings. The van der Waals surface area contributed by atoms with Crippen LogP contribution in [0.3, 0.4) is 0 Å². The van der Waals surface area contributed by atoms with Gasteiger partial charge in [0.25, 0.3) is 0 Å². The molecule has 1 fully saturated rings. The van der Waals surface area contributed by atoms with Gasteiger partial charge in [-0.05, 0) is 43.9 Å². The zero-order valence-electron chi connectivity index (χ0n) is 10.2. The Morgan fingerprint density at radius 2 is 2.11 bits per heavy atom. The van der Waals surface area contributed by atoms with Crippen molar-refractivity contribution in [2.24, 2.45) is 5.73 Å². The van der Waals surface area contributed by atoms with Crippen LogP contribution in [0.2, 0.25) is 0 Å². The van der Waals surface area contributed by atoms with E-state index in [1.165, 1.54) is 12.1 Å². The lowest BCUT2D eigenvalue weighted by Crippen LogP contribution is -2.58. The molecule has 1 saturated carbocycles. The molecule has 1 aromatic rings. The molecule has 1 aromatic carbocycles. The average molecular weight is 272 g/mol. The normalized spacial score (nSPS) is 18.4. The monoisotopic (exact) mass is 272 g/mol. The third-order valence-electron chi connectivity index (χ3n) is 3.49. The van der Waals surface area contributed by atoms with E-state index in [1.54, 1.807) is 6.92 Å². The number of aryl methyl sites for hydroxylation is 1. The first-order valence-electron chi connectivity index (χ1n) is 5.89. The van der Waals surface area contributed by atoms with Gasteiger partial charge in [0, 0.05) is 12.1 Å². The van der Waals surface area contributed by atoms with Gasteiger partial charge in [-0.3, -0.25) is 0 Å². The van der Waals surface area contributed by atoms with E-state index in [4.69, 9.17) is 5.73 Å². The summed E-state index contributed by atoms with van der Waals surface area (Å²) in [6.07, 6.45) is 2.43. The van der Waals surface area contributed by atoms with Gasteiger partial charge < -0.3 is 5.73 Å². The van der Waals surface area contributed by atoms with E-state index in [1.807, 2.05) is 0 Å². The molecule has 6 heteroatoms. The highest BCUT2D eigenvalue weighted by Gasteiger charge is 2.39. The maximum Gasteiger partial charge on any atom is 0.241 e. The topological polar surface area (TPSA) is 72.2 Å². The highest BCUT2D eigenvalue weighted by molar-refractivity contribution is 7.89. The van der Waals surface area contributed by atoms with E-state index in [0.717, 1.165) is 25.3 Å². The molecule has 3 N–H and O–H groups in total. The zero-order valence-corrected chi connectivity index (χ0v) is 11.1. The van der Waals surface area contributed by atoms with E-state index in [9.17, 15) is 12.8 Å². The zero-order chi connectivity index (χ0) is 13.4. The molecule has 0 aromatic heterocycles. The average Bonchev–Trinajstić information content (AvgIpc) is 2.27. The minimum atomic E-state index is -3.71. The van der Waals surface area contributed by atoms with Gasteiger partial charge in [-0.15, -0.1) is 0 Å². The summed E-state index contributed by atoms with van der Waals surface area (Å²) in [6.45, 7) is 1.91. The van der Waals surface area contributed by atoms with E-state index >= 15 is 0 Å². The van der Waals surface area contributed by atoms with Gasteiger partial charge in [0.1, 0.15) is 5.82 Å². The first-order valence-corrected chi connectivity index (χ1v) is 7.37. The van der Waals surface area contributed by atoms with E-state index < -0.39 is 21.4 Å². The molecule has 4 nitrogen and oxygen atoms in total. The Balaban J connectivity index is 2.33. The van der Waals surface area contributed by atoms with Crippen molar-refractivity contribution in [3.05, 3.63) is 29.6 Å². The van der Waals surface area contributed by atoms with Crippen molar-refractivity contribution < 1.29 is 12.8 Å². The van der Waals surface area contributed by atoms with Crippen molar-refractivity contribution >= 4 is 10.0 Å². The van der Waals surface area contributed by atoms with Gasteiger partial charge in [-0.1, -0.05) is 6.07 Å². The van der Waals surface area contributed by atoms with Gasteiger partial charge in [0.05, 0.1) is 4.90 Å². The maximum absolute atomic E-state index is 13.2. The molecule has 0 heterocycles. The van der Waals surface area contributed by atoms with Gasteiger partial charge in [0.15, 0.2) is 0 Å². The maximum atomic E-state index is 13.2. The Hall–Kier alpha value is -0.980. The third kappa shape index (κ3) is 2.41. The Kier molecular flexibility index (Phi) is 3.44. The molecule has 0 aliphatic heterocycles. The molecule has 0 radical (unpaired) electrons. The summed E-state index contributed by atoms with van der Waals surface area (Å²) >= 11 is 0. The molecular weight excluding hydrogens is 255 g/mol. The van der Waals surface area contributed by atoms with Gasteiger partial charge in [-0.2, -0.15) is 0 Å². The third-order valence-corrected chi connectivity index (χ3v) is 5.21. The van der Waals surface area contributed by atoms with Crippen molar-refractivity contribution in [3.8, 4) is 0 Å². The second-order valence-corrected chi connectivity index (χ2v) is 6.50. The van der Waals surface area contributed by atoms with Crippen molar-refractivity contribution in [2.75, 3.05) is 6.54 Å². The second kappa shape index (κ2) is 4.60. The van der Waals surface area contributed by atoms with Crippen molar-refractivity contribution in [2.45, 2.75) is 36.6 Å². The number of hydrogen-bond acceptors (Lipinski definition) is 3. The molecule has 0 unspecified atom stereocenters. The van der Waals surface area contributed by atoms with E-state index in [-0.39, 0.29) is 11.4 Å². The molecular formula is C12H17FN2O2S. The Morgan fingerprint density at radius 1 is 1.44 bits per heavy atom. The number of rotatable bonds is 4. The highest BCUT2D eigenvalue weighted by Crippen LogP contribution is 2.32. The molecule has 1 aliphatic carbocycles.